The SMILES string of the molecule is CC1CCN(C(=O)c2cc(S)ccc2F)C1CO. The zero-order valence-corrected chi connectivity index (χ0v) is 11.0. The summed E-state index contributed by atoms with van der Waals surface area (Å²) in [6, 6.07) is 3.95. The van der Waals surface area contributed by atoms with E-state index in [1.165, 1.54) is 18.2 Å². The van der Waals surface area contributed by atoms with Gasteiger partial charge in [-0.2, -0.15) is 0 Å². The van der Waals surface area contributed by atoms with E-state index < -0.39 is 5.82 Å². The number of hydrogen-bond acceptors (Lipinski definition) is 3. The molecule has 0 aromatic heterocycles. The average Bonchev–Trinajstić information content (AvgIpc) is 2.72. The Bertz CT molecular complexity index is 466. The van der Waals surface area contributed by atoms with Gasteiger partial charge in [0.25, 0.3) is 5.91 Å². The third-order valence-corrected chi connectivity index (χ3v) is 3.79. The Labute approximate surface area is 111 Å². The molecule has 2 unspecified atom stereocenters. The first-order chi connectivity index (χ1) is 8.54. The van der Waals surface area contributed by atoms with Gasteiger partial charge in [-0.1, -0.05) is 6.92 Å². The Kier molecular flexibility index (Phi) is 3.92. The summed E-state index contributed by atoms with van der Waals surface area (Å²) in [5.74, 6) is -0.679. The molecular weight excluding hydrogens is 253 g/mol. The van der Waals surface area contributed by atoms with Gasteiger partial charge in [0, 0.05) is 11.4 Å². The van der Waals surface area contributed by atoms with Crippen LogP contribution >= 0.6 is 12.6 Å². The Morgan fingerprint density at radius 3 is 3.00 bits per heavy atom. The summed E-state index contributed by atoms with van der Waals surface area (Å²) in [7, 11) is 0. The van der Waals surface area contributed by atoms with Crippen molar-refractivity contribution in [1.82, 2.24) is 4.90 Å². The van der Waals surface area contributed by atoms with Crippen molar-refractivity contribution in [2.24, 2.45) is 5.92 Å². The second kappa shape index (κ2) is 5.28. The lowest BCUT2D eigenvalue weighted by molar-refractivity contribution is 0.0643. The predicted molar refractivity (Wildman–Crippen MR) is 69.3 cm³/mol. The number of rotatable bonds is 2. The van der Waals surface area contributed by atoms with Crippen molar-refractivity contribution in [3.63, 3.8) is 0 Å². The molecule has 5 heteroatoms. The van der Waals surface area contributed by atoms with E-state index in [4.69, 9.17) is 0 Å². The Balaban J connectivity index is 2.28. The van der Waals surface area contributed by atoms with Crippen molar-refractivity contribution in [3.05, 3.63) is 29.6 Å². The van der Waals surface area contributed by atoms with Crippen molar-refractivity contribution >= 4 is 18.5 Å². The molecule has 1 saturated heterocycles. The zero-order chi connectivity index (χ0) is 13.3. The number of hydrogen-bond donors (Lipinski definition) is 2. The largest absolute Gasteiger partial charge is 0.394 e. The summed E-state index contributed by atoms with van der Waals surface area (Å²) < 4.78 is 13.7. The number of amides is 1. The molecule has 2 atom stereocenters. The van der Waals surface area contributed by atoms with Crippen LogP contribution in [0.1, 0.15) is 23.7 Å². The van der Waals surface area contributed by atoms with E-state index in [2.05, 4.69) is 12.6 Å². The van der Waals surface area contributed by atoms with Crippen LogP contribution in [0.5, 0.6) is 0 Å². The standard InChI is InChI=1S/C13H16FNO2S/c1-8-4-5-15(12(8)7-16)13(17)10-6-9(18)2-3-11(10)14/h2-3,6,8,12,16,18H,4-5,7H2,1H3. The summed E-state index contributed by atoms with van der Waals surface area (Å²) >= 11 is 4.11. The van der Waals surface area contributed by atoms with Crippen LogP contribution in [0.4, 0.5) is 4.39 Å². The van der Waals surface area contributed by atoms with Crippen molar-refractivity contribution < 1.29 is 14.3 Å². The number of thiol groups is 1. The van der Waals surface area contributed by atoms with Gasteiger partial charge in [-0.15, -0.1) is 12.6 Å². The fraction of sp³-hybridized carbons (Fsp3) is 0.462. The number of likely N-dealkylation sites (tertiary alicyclic amines) is 1. The minimum Gasteiger partial charge on any atom is -0.394 e. The number of carbonyl (C=O) groups excluding carboxylic acids is 1. The van der Waals surface area contributed by atoms with Crippen molar-refractivity contribution in [1.29, 1.82) is 0 Å². The van der Waals surface area contributed by atoms with E-state index >= 15 is 0 Å². The number of aliphatic hydroxyl groups is 1. The number of benzene rings is 1. The number of carbonyl (C=O) groups is 1. The molecule has 2 rings (SSSR count). The lowest BCUT2D eigenvalue weighted by Crippen LogP contribution is -2.40. The van der Waals surface area contributed by atoms with Crippen LogP contribution in [0.3, 0.4) is 0 Å². The van der Waals surface area contributed by atoms with Crippen LogP contribution in [0, 0.1) is 11.7 Å². The molecule has 1 amide bonds. The highest BCUT2D eigenvalue weighted by Crippen LogP contribution is 2.26. The minimum atomic E-state index is -0.547. The number of nitrogens with zero attached hydrogens (tertiary/aromatic N) is 1. The van der Waals surface area contributed by atoms with Crippen LogP contribution in [-0.4, -0.2) is 35.1 Å². The molecule has 3 nitrogen and oxygen atoms in total. The summed E-state index contributed by atoms with van der Waals surface area (Å²) in [6.45, 7) is 2.45. The lowest BCUT2D eigenvalue weighted by atomic mass is 10.0. The fourth-order valence-electron chi connectivity index (χ4n) is 2.37. The summed E-state index contributed by atoms with van der Waals surface area (Å²) in [6.07, 6.45) is 0.832. The first kappa shape index (κ1) is 13.4. The average molecular weight is 269 g/mol. The van der Waals surface area contributed by atoms with Gasteiger partial charge < -0.3 is 10.0 Å². The van der Waals surface area contributed by atoms with Crippen LogP contribution < -0.4 is 0 Å². The van der Waals surface area contributed by atoms with E-state index in [9.17, 15) is 14.3 Å². The third kappa shape index (κ3) is 2.37. The molecule has 1 aromatic carbocycles. The van der Waals surface area contributed by atoms with E-state index in [1.54, 1.807) is 4.90 Å². The molecular formula is C13H16FNO2S. The molecule has 0 aliphatic carbocycles. The molecule has 1 heterocycles. The molecule has 0 bridgehead atoms. The van der Waals surface area contributed by atoms with Gasteiger partial charge in [-0.25, -0.2) is 4.39 Å². The van der Waals surface area contributed by atoms with Crippen LogP contribution in [-0.2, 0) is 0 Å². The van der Waals surface area contributed by atoms with Crippen molar-refractivity contribution in [3.8, 4) is 0 Å². The molecule has 0 radical (unpaired) electrons. The summed E-state index contributed by atoms with van der Waals surface area (Å²) in [4.78, 5) is 14.4. The molecule has 0 saturated carbocycles. The van der Waals surface area contributed by atoms with Gasteiger partial charge in [0.15, 0.2) is 0 Å². The normalized spacial score (nSPS) is 23.4. The van der Waals surface area contributed by atoms with Gasteiger partial charge >= 0.3 is 0 Å². The van der Waals surface area contributed by atoms with Gasteiger partial charge in [-0.05, 0) is 30.5 Å². The number of aliphatic hydroxyl groups excluding tert-OH is 1. The van der Waals surface area contributed by atoms with Crippen molar-refractivity contribution in [2.75, 3.05) is 13.2 Å². The maximum Gasteiger partial charge on any atom is 0.257 e. The Morgan fingerprint density at radius 2 is 2.33 bits per heavy atom. The maximum absolute atomic E-state index is 13.7. The van der Waals surface area contributed by atoms with Gasteiger partial charge in [0.2, 0.25) is 0 Å². The number of halogens is 1. The van der Waals surface area contributed by atoms with Gasteiger partial charge in [0.1, 0.15) is 5.82 Å². The quantitative estimate of drug-likeness (QED) is 0.806. The Hall–Kier alpha value is -1.07. The highest BCUT2D eigenvalue weighted by molar-refractivity contribution is 7.80. The van der Waals surface area contributed by atoms with E-state index in [0.717, 1.165) is 6.42 Å². The molecule has 1 fully saturated rings. The molecule has 98 valence electrons. The van der Waals surface area contributed by atoms with Gasteiger partial charge in [-0.3, -0.25) is 4.79 Å². The van der Waals surface area contributed by atoms with Crippen LogP contribution in [0.15, 0.2) is 23.1 Å². The highest BCUT2D eigenvalue weighted by Gasteiger charge is 2.35. The highest BCUT2D eigenvalue weighted by atomic mass is 32.1. The molecule has 1 aliphatic heterocycles. The van der Waals surface area contributed by atoms with E-state index in [0.29, 0.717) is 11.4 Å². The van der Waals surface area contributed by atoms with Crippen LogP contribution in [0.2, 0.25) is 0 Å². The van der Waals surface area contributed by atoms with Crippen molar-refractivity contribution in [2.45, 2.75) is 24.3 Å². The van der Waals surface area contributed by atoms with E-state index in [1.807, 2.05) is 6.92 Å². The topological polar surface area (TPSA) is 40.5 Å². The second-order valence-electron chi connectivity index (χ2n) is 4.68. The molecule has 1 N–H and O–H groups in total. The van der Waals surface area contributed by atoms with E-state index in [-0.39, 0.29) is 30.0 Å². The third-order valence-electron chi connectivity index (χ3n) is 3.51. The zero-order valence-electron chi connectivity index (χ0n) is 10.1. The van der Waals surface area contributed by atoms with Gasteiger partial charge in [0.05, 0.1) is 18.2 Å². The summed E-state index contributed by atoms with van der Waals surface area (Å²) in [5, 5.41) is 9.32. The first-order valence-electron chi connectivity index (χ1n) is 5.95. The monoisotopic (exact) mass is 269 g/mol. The minimum absolute atomic E-state index is 0.0232. The second-order valence-corrected chi connectivity index (χ2v) is 5.19. The smallest absolute Gasteiger partial charge is 0.257 e. The molecule has 0 spiro atoms. The van der Waals surface area contributed by atoms with Crippen LogP contribution in [0.25, 0.3) is 0 Å². The fourth-order valence-corrected chi connectivity index (χ4v) is 2.57. The molecule has 1 aliphatic rings. The Morgan fingerprint density at radius 1 is 1.61 bits per heavy atom. The molecule has 18 heavy (non-hydrogen) atoms. The predicted octanol–water partition coefficient (Wildman–Crippen LogP) is 1.96. The molecule has 1 aromatic rings. The maximum atomic E-state index is 13.7. The lowest BCUT2D eigenvalue weighted by Gasteiger charge is -2.25. The first-order valence-corrected chi connectivity index (χ1v) is 6.39. The summed E-state index contributed by atoms with van der Waals surface area (Å²) in [5.41, 5.74) is 0.0232.